The van der Waals surface area contributed by atoms with E-state index in [0.29, 0.717) is 6.42 Å². The molecule has 0 bridgehead atoms. The van der Waals surface area contributed by atoms with E-state index in [-0.39, 0.29) is 12.1 Å². The molecule has 2 aliphatic rings. The average Bonchev–Trinajstić information content (AvgIpc) is 3.60. The van der Waals surface area contributed by atoms with Crippen LogP contribution in [0.3, 0.4) is 0 Å². The molecule has 1 heterocycles. The lowest BCUT2D eigenvalue weighted by Crippen LogP contribution is -2.49. The first-order chi connectivity index (χ1) is 15.6. The molecule has 1 saturated heterocycles. The van der Waals surface area contributed by atoms with E-state index in [0.717, 1.165) is 56.0 Å². The van der Waals surface area contributed by atoms with Crippen molar-refractivity contribution in [2.75, 3.05) is 46.9 Å². The predicted octanol–water partition coefficient (Wildman–Crippen LogP) is 3.62. The summed E-state index contributed by atoms with van der Waals surface area (Å²) in [6, 6.07) is 17.7. The van der Waals surface area contributed by atoms with Gasteiger partial charge in [-0.25, -0.2) is 0 Å². The molecule has 1 aliphatic heterocycles. The lowest BCUT2D eigenvalue weighted by Gasteiger charge is -2.39. The van der Waals surface area contributed by atoms with Gasteiger partial charge in [0.05, 0.1) is 13.2 Å². The van der Waals surface area contributed by atoms with Crippen LogP contribution >= 0.6 is 0 Å². The monoisotopic (exact) mass is 438 g/mol. The molecule has 3 atom stereocenters. The van der Waals surface area contributed by atoms with Gasteiger partial charge in [-0.3, -0.25) is 9.69 Å². The molecule has 6 nitrogen and oxygen atoms in total. The van der Waals surface area contributed by atoms with Gasteiger partial charge < -0.3 is 19.1 Å². The van der Waals surface area contributed by atoms with E-state index >= 15 is 0 Å². The number of piperazine rings is 1. The van der Waals surface area contributed by atoms with Gasteiger partial charge in [-0.1, -0.05) is 49.4 Å². The third-order valence-corrected chi connectivity index (χ3v) is 6.73. The number of carbonyl (C=O) groups is 1. The molecule has 0 spiro atoms. The molecule has 32 heavy (non-hydrogen) atoms. The molecule has 2 aromatic rings. The second-order valence-electron chi connectivity index (χ2n) is 8.67. The molecule has 172 valence electrons. The molecule has 0 amide bonds. The van der Waals surface area contributed by atoms with Crippen LogP contribution in [-0.4, -0.2) is 68.8 Å². The SMILES string of the molecule is CCCN1CCN(C(OC(=O)C2(c3ccc(OC)cc3)CC2OC)c2ccccc2)CC1. The fraction of sp³-hybridized carbons (Fsp3) is 0.500. The van der Waals surface area contributed by atoms with Gasteiger partial charge in [0.25, 0.3) is 0 Å². The average molecular weight is 439 g/mol. The highest BCUT2D eigenvalue weighted by Crippen LogP contribution is 2.52. The van der Waals surface area contributed by atoms with Gasteiger partial charge in [-0.2, -0.15) is 0 Å². The van der Waals surface area contributed by atoms with Crippen LogP contribution in [0.5, 0.6) is 5.75 Å². The molecule has 0 radical (unpaired) electrons. The minimum Gasteiger partial charge on any atom is -0.497 e. The van der Waals surface area contributed by atoms with Crippen molar-refractivity contribution in [2.24, 2.45) is 0 Å². The molecule has 2 fully saturated rings. The number of ether oxygens (including phenoxy) is 3. The smallest absolute Gasteiger partial charge is 0.321 e. The number of methoxy groups -OCH3 is 2. The van der Waals surface area contributed by atoms with Crippen LogP contribution in [0, 0.1) is 0 Å². The van der Waals surface area contributed by atoms with Crippen molar-refractivity contribution in [2.45, 2.75) is 37.5 Å². The lowest BCUT2D eigenvalue weighted by atomic mass is 9.95. The van der Waals surface area contributed by atoms with E-state index < -0.39 is 11.6 Å². The molecule has 0 N–H and O–H groups in total. The number of hydrogen-bond donors (Lipinski definition) is 0. The predicted molar refractivity (Wildman–Crippen MR) is 124 cm³/mol. The summed E-state index contributed by atoms with van der Waals surface area (Å²) in [5, 5.41) is 0. The van der Waals surface area contributed by atoms with Gasteiger partial charge in [0, 0.05) is 38.9 Å². The van der Waals surface area contributed by atoms with Crippen LogP contribution in [-0.2, 0) is 19.7 Å². The van der Waals surface area contributed by atoms with E-state index in [9.17, 15) is 4.79 Å². The molecule has 3 unspecified atom stereocenters. The molecular formula is C26H34N2O4. The summed E-state index contributed by atoms with van der Waals surface area (Å²) in [6.07, 6.45) is 1.20. The summed E-state index contributed by atoms with van der Waals surface area (Å²) in [5.74, 6) is 0.540. The van der Waals surface area contributed by atoms with Gasteiger partial charge in [0.1, 0.15) is 11.2 Å². The van der Waals surface area contributed by atoms with E-state index in [1.165, 1.54) is 0 Å². The normalized spacial score (nSPS) is 24.7. The van der Waals surface area contributed by atoms with Crippen molar-refractivity contribution in [3.05, 3.63) is 65.7 Å². The van der Waals surface area contributed by atoms with E-state index in [1.807, 2.05) is 54.6 Å². The van der Waals surface area contributed by atoms with E-state index in [2.05, 4.69) is 16.7 Å². The second-order valence-corrected chi connectivity index (χ2v) is 8.67. The largest absolute Gasteiger partial charge is 0.497 e. The zero-order valence-electron chi connectivity index (χ0n) is 19.3. The summed E-state index contributed by atoms with van der Waals surface area (Å²) in [5.41, 5.74) is 1.15. The molecule has 1 aliphatic carbocycles. The summed E-state index contributed by atoms with van der Waals surface area (Å²) in [4.78, 5) is 18.4. The maximum absolute atomic E-state index is 13.7. The van der Waals surface area contributed by atoms with Crippen LogP contribution in [0.15, 0.2) is 54.6 Å². The minimum absolute atomic E-state index is 0.179. The van der Waals surface area contributed by atoms with Gasteiger partial charge in [-0.15, -0.1) is 0 Å². The van der Waals surface area contributed by atoms with Crippen LogP contribution < -0.4 is 4.74 Å². The second kappa shape index (κ2) is 10.0. The Kier molecular flexibility index (Phi) is 7.13. The fourth-order valence-electron chi connectivity index (χ4n) is 4.76. The summed E-state index contributed by atoms with van der Waals surface area (Å²) >= 11 is 0. The maximum Gasteiger partial charge on any atom is 0.321 e. The highest BCUT2D eigenvalue weighted by atomic mass is 16.6. The van der Waals surface area contributed by atoms with Gasteiger partial charge in [0.2, 0.25) is 0 Å². The van der Waals surface area contributed by atoms with Crippen molar-refractivity contribution in [3.63, 3.8) is 0 Å². The van der Waals surface area contributed by atoms with Crippen molar-refractivity contribution in [1.82, 2.24) is 9.80 Å². The summed E-state index contributed by atoms with van der Waals surface area (Å²) < 4.78 is 17.2. The first kappa shape index (κ1) is 22.8. The number of esters is 1. The maximum atomic E-state index is 13.7. The van der Waals surface area contributed by atoms with Gasteiger partial charge in [-0.05, 0) is 37.1 Å². The zero-order valence-corrected chi connectivity index (χ0v) is 19.3. The first-order valence-electron chi connectivity index (χ1n) is 11.5. The van der Waals surface area contributed by atoms with Crippen molar-refractivity contribution in [1.29, 1.82) is 0 Å². The molecule has 4 rings (SSSR count). The number of benzene rings is 2. The number of hydrogen-bond acceptors (Lipinski definition) is 6. The van der Waals surface area contributed by atoms with Crippen molar-refractivity contribution < 1.29 is 19.0 Å². The van der Waals surface area contributed by atoms with Crippen LogP contribution in [0.1, 0.15) is 37.1 Å². The highest BCUT2D eigenvalue weighted by Gasteiger charge is 2.64. The van der Waals surface area contributed by atoms with Crippen LogP contribution in [0.2, 0.25) is 0 Å². The third kappa shape index (κ3) is 4.53. The Morgan fingerprint density at radius 2 is 1.72 bits per heavy atom. The van der Waals surface area contributed by atoms with Gasteiger partial charge in [0.15, 0.2) is 6.23 Å². The number of nitrogens with zero attached hydrogens (tertiary/aromatic N) is 2. The Morgan fingerprint density at radius 1 is 1.03 bits per heavy atom. The fourth-order valence-corrected chi connectivity index (χ4v) is 4.76. The molecular weight excluding hydrogens is 404 g/mol. The first-order valence-corrected chi connectivity index (χ1v) is 11.5. The van der Waals surface area contributed by atoms with E-state index in [1.54, 1.807) is 14.2 Å². The minimum atomic E-state index is -0.766. The standard InChI is InChI=1S/C26H34N2O4/c1-4-14-27-15-17-28(18-16-27)24(20-8-6-5-7-9-20)32-25(29)26(19-23(26)31-3)21-10-12-22(30-2)13-11-21/h5-13,23-24H,4,14-19H2,1-3H3. The highest BCUT2D eigenvalue weighted by molar-refractivity contribution is 5.88. The Labute approximate surface area is 191 Å². The Morgan fingerprint density at radius 3 is 2.28 bits per heavy atom. The number of carbonyl (C=O) groups excluding carboxylic acids is 1. The topological polar surface area (TPSA) is 51.2 Å². The molecule has 6 heteroatoms. The van der Waals surface area contributed by atoms with Crippen LogP contribution in [0.25, 0.3) is 0 Å². The Hall–Kier alpha value is -2.41. The number of rotatable bonds is 9. The van der Waals surface area contributed by atoms with E-state index in [4.69, 9.17) is 14.2 Å². The molecule has 0 aromatic heterocycles. The molecule has 2 aromatic carbocycles. The van der Waals surface area contributed by atoms with Crippen LogP contribution in [0.4, 0.5) is 0 Å². The van der Waals surface area contributed by atoms with Crippen molar-refractivity contribution >= 4 is 5.97 Å². The quantitative estimate of drug-likeness (QED) is 0.558. The zero-order chi connectivity index (χ0) is 22.6. The third-order valence-electron chi connectivity index (χ3n) is 6.73. The Balaban J connectivity index is 1.56. The summed E-state index contributed by atoms with van der Waals surface area (Å²) in [7, 11) is 3.30. The summed E-state index contributed by atoms with van der Waals surface area (Å²) in [6.45, 7) is 7.03. The lowest BCUT2D eigenvalue weighted by molar-refractivity contribution is -0.166. The van der Waals surface area contributed by atoms with Crippen molar-refractivity contribution in [3.8, 4) is 5.75 Å². The Bertz CT molecular complexity index is 880. The molecule has 1 saturated carbocycles. The van der Waals surface area contributed by atoms with Gasteiger partial charge >= 0.3 is 5.97 Å².